The Labute approximate surface area is 108 Å². The molecule has 0 aliphatic heterocycles. The van der Waals surface area contributed by atoms with Crippen LogP contribution in [0.5, 0.6) is 0 Å². The normalized spacial score (nSPS) is 10.7. The number of fused-ring (bicyclic) bond motifs is 1. The Hall–Kier alpha value is -2.24. The van der Waals surface area contributed by atoms with Gasteiger partial charge in [0.15, 0.2) is 0 Å². The van der Waals surface area contributed by atoms with E-state index in [-0.39, 0.29) is 13.0 Å². The minimum atomic E-state index is -0.458. The van der Waals surface area contributed by atoms with Gasteiger partial charge in [-0.15, -0.1) is 0 Å². The van der Waals surface area contributed by atoms with Crippen molar-refractivity contribution >= 4 is 16.9 Å². The Morgan fingerprint density at radius 2 is 2.21 bits per heavy atom. The average molecular weight is 264 g/mol. The molecule has 0 N–H and O–H groups in total. The summed E-state index contributed by atoms with van der Waals surface area (Å²) in [5.74, 6) is -0.807. The smallest absolute Gasteiger partial charge is 0.348 e. The number of esters is 1. The largest absolute Gasteiger partial charge is 0.469 e. The molecule has 0 spiro atoms. The molecule has 2 aromatic rings. The molecule has 5 nitrogen and oxygen atoms in total. The van der Waals surface area contributed by atoms with E-state index < -0.39 is 17.5 Å². The molecule has 0 aliphatic carbocycles. The molecule has 0 fully saturated rings. The van der Waals surface area contributed by atoms with Crippen LogP contribution >= 0.6 is 0 Å². The van der Waals surface area contributed by atoms with Gasteiger partial charge in [-0.05, 0) is 25.1 Å². The second kappa shape index (κ2) is 5.17. The van der Waals surface area contributed by atoms with Gasteiger partial charge in [-0.25, -0.2) is 9.18 Å². The SMILES string of the molecule is COC(=O)CCn1c(=O)nc(C)c2cc(F)ccc21. The van der Waals surface area contributed by atoms with Gasteiger partial charge in [0.05, 0.1) is 24.7 Å². The molecule has 2 rings (SSSR count). The lowest BCUT2D eigenvalue weighted by atomic mass is 10.2. The highest BCUT2D eigenvalue weighted by atomic mass is 19.1. The van der Waals surface area contributed by atoms with E-state index >= 15 is 0 Å². The third-order valence-electron chi connectivity index (χ3n) is 2.90. The second-order valence-electron chi connectivity index (χ2n) is 4.12. The van der Waals surface area contributed by atoms with Crippen LogP contribution in [-0.4, -0.2) is 22.6 Å². The molecule has 0 bridgehead atoms. The molecule has 0 amide bonds. The van der Waals surface area contributed by atoms with Crippen molar-refractivity contribution < 1.29 is 13.9 Å². The Morgan fingerprint density at radius 1 is 1.47 bits per heavy atom. The zero-order valence-electron chi connectivity index (χ0n) is 10.6. The molecule has 0 radical (unpaired) electrons. The monoisotopic (exact) mass is 264 g/mol. The van der Waals surface area contributed by atoms with E-state index in [4.69, 9.17) is 0 Å². The number of methoxy groups -OCH3 is 1. The van der Waals surface area contributed by atoms with Gasteiger partial charge in [0.1, 0.15) is 5.82 Å². The topological polar surface area (TPSA) is 61.2 Å². The number of hydrogen-bond acceptors (Lipinski definition) is 4. The molecule has 0 atom stereocenters. The van der Waals surface area contributed by atoms with Crippen LogP contribution in [0, 0.1) is 12.7 Å². The molecule has 1 heterocycles. The van der Waals surface area contributed by atoms with E-state index in [2.05, 4.69) is 9.72 Å². The van der Waals surface area contributed by atoms with Crippen LogP contribution in [0.2, 0.25) is 0 Å². The minimum Gasteiger partial charge on any atom is -0.469 e. The van der Waals surface area contributed by atoms with Gasteiger partial charge in [0.25, 0.3) is 0 Å². The minimum absolute atomic E-state index is 0.0631. The molecule has 100 valence electrons. The highest BCUT2D eigenvalue weighted by molar-refractivity contribution is 5.81. The summed E-state index contributed by atoms with van der Waals surface area (Å²) < 4.78 is 19.1. The summed E-state index contributed by atoms with van der Waals surface area (Å²) in [5, 5.41) is 0.560. The molecule has 1 aromatic heterocycles. The summed E-state index contributed by atoms with van der Waals surface area (Å²) >= 11 is 0. The van der Waals surface area contributed by atoms with E-state index in [1.807, 2.05) is 0 Å². The van der Waals surface area contributed by atoms with Gasteiger partial charge >= 0.3 is 11.7 Å². The Balaban J connectivity index is 2.54. The molecule has 0 aliphatic rings. The molecular weight excluding hydrogens is 251 g/mol. The van der Waals surface area contributed by atoms with E-state index in [0.29, 0.717) is 16.6 Å². The Kier molecular flexibility index (Phi) is 3.59. The molecule has 0 saturated carbocycles. The van der Waals surface area contributed by atoms with Crippen molar-refractivity contribution in [3.8, 4) is 0 Å². The maximum Gasteiger partial charge on any atom is 0.348 e. The molecule has 19 heavy (non-hydrogen) atoms. The van der Waals surface area contributed by atoms with Gasteiger partial charge in [-0.1, -0.05) is 0 Å². The number of carbonyl (C=O) groups is 1. The maximum atomic E-state index is 13.2. The zero-order chi connectivity index (χ0) is 14.0. The van der Waals surface area contributed by atoms with Crippen LogP contribution in [0.15, 0.2) is 23.0 Å². The van der Waals surface area contributed by atoms with Crippen molar-refractivity contribution in [2.45, 2.75) is 19.9 Å². The predicted molar refractivity (Wildman–Crippen MR) is 67.3 cm³/mol. The molecule has 1 aromatic carbocycles. The van der Waals surface area contributed by atoms with Crippen LogP contribution in [0.1, 0.15) is 12.1 Å². The summed E-state index contributed by atoms with van der Waals surface area (Å²) in [6.45, 7) is 1.80. The lowest BCUT2D eigenvalue weighted by molar-refractivity contribution is -0.140. The first kappa shape index (κ1) is 13.2. The van der Waals surface area contributed by atoms with Crippen LogP contribution < -0.4 is 5.69 Å². The standard InChI is InChI=1S/C13H13FN2O3/c1-8-10-7-9(14)3-4-11(10)16(13(18)15-8)6-5-12(17)19-2/h3-4,7H,5-6H2,1-2H3. The van der Waals surface area contributed by atoms with Gasteiger partial charge < -0.3 is 4.74 Å². The van der Waals surface area contributed by atoms with Crippen LogP contribution in [-0.2, 0) is 16.1 Å². The fourth-order valence-corrected chi connectivity index (χ4v) is 1.92. The van der Waals surface area contributed by atoms with Crippen molar-refractivity contribution in [2.24, 2.45) is 0 Å². The quantitative estimate of drug-likeness (QED) is 0.786. The number of ether oxygens (including phenoxy) is 1. The van der Waals surface area contributed by atoms with Crippen molar-refractivity contribution in [1.82, 2.24) is 9.55 Å². The van der Waals surface area contributed by atoms with Crippen LogP contribution in [0.3, 0.4) is 0 Å². The number of rotatable bonds is 3. The molecular formula is C13H13FN2O3. The summed E-state index contributed by atoms with van der Waals surface area (Å²) in [6.07, 6.45) is 0.0631. The number of aromatic nitrogens is 2. The zero-order valence-corrected chi connectivity index (χ0v) is 10.6. The number of nitrogens with zero attached hydrogens (tertiary/aromatic N) is 2. The number of carbonyl (C=O) groups excluding carboxylic acids is 1. The van der Waals surface area contributed by atoms with Crippen molar-refractivity contribution in [2.75, 3.05) is 7.11 Å². The van der Waals surface area contributed by atoms with E-state index in [0.717, 1.165) is 0 Å². The lowest BCUT2D eigenvalue weighted by Gasteiger charge is -2.10. The van der Waals surface area contributed by atoms with Crippen molar-refractivity contribution in [1.29, 1.82) is 0 Å². The first-order valence-electron chi connectivity index (χ1n) is 5.76. The fraction of sp³-hybridized carbons (Fsp3) is 0.308. The van der Waals surface area contributed by atoms with E-state index in [1.165, 1.54) is 29.9 Å². The van der Waals surface area contributed by atoms with Crippen LogP contribution in [0.4, 0.5) is 4.39 Å². The van der Waals surface area contributed by atoms with Gasteiger partial charge in [-0.2, -0.15) is 4.98 Å². The third-order valence-corrected chi connectivity index (χ3v) is 2.90. The number of halogens is 1. The van der Waals surface area contributed by atoms with Crippen LogP contribution in [0.25, 0.3) is 10.9 Å². The first-order chi connectivity index (χ1) is 9.02. The third kappa shape index (κ3) is 2.62. The number of aryl methyl sites for hydroxylation is 2. The lowest BCUT2D eigenvalue weighted by Crippen LogP contribution is -2.25. The predicted octanol–water partition coefficient (Wildman–Crippen LogP) is 1.41. The van der Waals surface area contributed by atoms with Crippen molar-refractivity contribution in [3.05, 3.63) is 40.2 Å². The highest BCUT2D eigenvalue weighted by Crippen LogP contribution is 2.16. The van der Waals surface area contributed by atoms with E-state index in [9.17, 15) is 14.0 Å². The summed E-state index contributed by atoms with van der Waals surface area (Å²) in [7, 11) is 1.28. The molecule has 6 heteroatoms. The maximum absolute atomic E-state index is 13.2. The fourth-order valence-electron chi connectivity index (χ4n) is 1.92. The Bertz CT molecular complexity index is 694. The van der Waals surface area contributed by atoms with Gasteiger partial charge in [-0.3, -0.25) is 9.36 Å². The highest BCUT2D eigenvalue weighted by Gasteiger charge is 2.10. The average Bonchev–Trinajstić information content (AvgIpc) is 2.38. The Morgan fingerprint density at radius 3 is 2.89 bits per heavy atom. The molecule has 0 unspecified atom stereocenters. The second-order valence-corrected chi connectivity index (χ2v) is 4.12. The molecule has 0 saturated heterocycles. The van der Waals surface area contributed by atoms with Crippen molar-refractivity contribution in [3.63, 3.8) is 0 Å². The van der Waals surface area contributed by atoms with E-state index in [1.54, 1.807) is 6.92 Å². The number of hydrogen-bond donors (Lipinski definition) is 0. The summed E-state index contributed by atoms with van der Waals surface area (Å²) in [4.78, 5) is 26.8. The van der Waals surface area contributed by atoms with Gasteiger partial charge in [0, 0.05) is 11.9 Å². The first-order valence-corrected chi connectivity index (χ1v) is 5.76. The number of benzene rings is 1. The van der Waals surface area contributed by atoms with Gasteiger partial charge in [0.2, 0.25) is 0 Å². The summed E-state index contributed by atoms with van der Waals surface area (Å²) in [5.41, 5.74) is 0.567. The summed E-state index contributed by atoms with van der Waals surface area (Å²) in [6, 6.07) is 4.11.